The van der Waals surface area contributed by atoms with Crippen molar-refractivity contribution in [3.05, 3.63) is 77.4 Å². The molecule has 0 fully saturated rings. The van der Waals surface area contributed by atoms with Gasteiger partial charge >= 0.3 is 0 Å². The lowest BCUT2D eigenvalue weighted by molar-refractivity contribution is 1.13. The van der Waals surface area contributed by atoms with E-state index in [0.29, 0.717) is 0 Å². The summed E-state index contributed by atoms with van der Waals surface area (Å²) in [6.07, 6.45) is 2.13. The van der Waals surface area contributed by atoms with Gasteiger partial charge in [-0.25, -0.2) is 0 Å². The second-order valence-corrected chi connectivity index (χ2v) is 6.89. The molecule has 0 nitrogen and oxygen atoms in total. The normalized spacial score (nSPS) is 12.5. The minimum atomic E-state index is 0.214. The molecule has 0 aliphatic rings. The lowest BCUT2D eigenvalue weighted by atomic mass is 9.96. The second kappa shape index (κ2) is 6.25. The van der Waals surface area contributed by atoms with Crippen LogP contribution in [-0.2, 0) is 0 Å². The summed E-state index contributed by atoms with van der Waals surface area (Å²) in [6.45, 7) is 2.17. The Bertz CT molecular complexity index is 779. The van der Waals surface area contributed by atoms with Gasteiger partial charge in [-0.15, -0.1) is 11.8 Å². The molecule has 0 saturated heterocycles. The Kier molecular flexibility index (Phi) is 4.37. The Labute approximate surface area is 138 Å². The molecular formula is C19H17BrS. The Morgan fingerprint density at radius 3 is 2.24 bits per heavy atom. The van der Waals surface area contributed by atoms with Gasteiger partial charge in [0.15, 0.2) is 0 Å². The summed E-state index contributed by atoms with van der Waals surface area (Å²) in [6, 6.07) is 21.7. The van der Waals surface area contributed by atoms with Gasteiger partial charge in [0.2, 0.25) is 0 Å². The first-order chi connectivity index (χ1) is 10.2. The molecule has 1 atom stereocenters. The molecule has 0 aromatic heterocycles. The molecule has 0 saturated carbocycles. The Balaban J connectivity index is 2.18. The predicted molar refractivity (Wildman–Crippen MR) is 97.7 cm³/mol. The van der Waals surface area contributed by atoms with E-state index in [4.69, 9.17) is 0 Å². The number of aryl methyl sites for hydroxylation is 1. The standard InChI is InChI=1S/C19H17BrS/c1-13-11-12-16(15-8-4-3-7-14(13)15)19(20)17-9-5-6-10-18(17)21-2/h3-12,19H,1-2H3. The minimum Gasteiger partial charge on any atom is -0.129 e. The SMILES string of the molecule is CSc1ccccc1C(Br)c1ccc(C)c2ccccc12. The summed E-state index contributed by atoms with van der Waals surface area (Å²) in [5.41, 5.74) is 3.99. The molecule has 2 heteroatoms. The van der Waals surface area contributed by atoms with Crippen molar-refractivity contribution >= 4 is 38.5 Å². The first-order valence-corrected chi connectivity index (χ1v) is 9.11. The molecule has 0 spiro atoms. The summed E-state index contributed by atoms with van der Waals surface area (Å²) >= 11 is 5.72. The van der Waals surface area contributed by atoms with Crippen LogP contribution in [0.4, 0.5) is 0 Å². The van der Waals surface area contributed by atoms with Crippen LogP contribution in [-0.4, -0.2) is 6.26 Å². The molecule has 3 aromatic rings. The molecule has 106 valence electrons. The van der Waals surface area contributed by atoms with Crippen molar-refractivity contribution in [2.45, 2.75) is 16.6 Å². The largest absolute Gasteiger partial charge is 0.129 e. The van der Waals surface area contributed by atoms with Gasteiger partial charge in [-0.2, -0.15) is 0 Å². The smallest absolute Gasteiger partial charge is 0.0661 e. The fourth-order valence-electron chi connectivity index (χ4n) is 2.74. The van der Waals surface area contributed by atoms with E-state index in [2.05, 4.69) is 89.8 Å². The highest BCUT2D eigenvalue weighted by molar-refractivity contribution is 9.09. The van der Waals surface area contributed by atoms with Gasteiger partial charge in [-0.3, -0.25) is 0 Å². The summed E-state index contributed by atoms with van der Waals surface area (Å²) in [4.78, 5) is 1.54. The van der Waals surface area contributed by atoms with Crippen LogP contribution < -0.4 is 0 Å². The van der Waals surface area contributed by atoms with Crippen LogP contribution in [0.25, 0.3) is 10.8 Å². The highest BCUT2D eigenvalue weighted by Crippen LogP contribution is 2.39. The van der Waals surface area contributed by atoms with Crippen LogP contribution >= 0.6 is 27.7 Å². The van der Waals surface area contributed by atoms with E-state index in [1.165, 1.54) is 32.4 Å². The molecule has 0 aliphatic carbocycles. The first-order valence-electron chi connectivity index (χ1n) is 6.97. The van der Waals surface area contributed by atoms with E-state index in [0.717, 1.165) is 0 Å². The van der Waals surface area contributed by atoms with Crippen molar-refractivity contribution in [1.29, 1.82) is 0 Å². The van der Waals surface area contributed by atoms with E-state index in [1.807, 2.05) is 0 Å². The number of fused-ring (bicyclic) bond motifs is 1. The summed E-state index contributed by atoms with van der Waals surface area (Å²) in [5.74, 6) is 0. The second-order valence-electron chi connectivity index (χ2n) is 5.12. The molecule has 21 heavy (non-hydrogen) atoms. The number of halogens is 1. The molecule has 3 aromatic carbocycles. The van der Waals surface area contributed by atoms with Crippen LogP contribution in [0.5, 0.6) is 0 Å². The van der Waals surface area contributed by atoms with Crippen molar-refractivity contribution in [1.82, 2.24) is 0 Å². The Morgan fingerprint density at radius 2 is 1.48 bits per heavy atom. The highest BCUT2D eigenvalue weighted by Gasteiger charge is 2.16. The van der Waals surface area contributed by atoms with Crippen LogP contribution in [0.1, 0.15) is 21.5 Å². The molecule has 0 N–H and O–H groups in total. The average molecular weight is 357 g/mol. The molecule has 0 heterocycles. The van der Waals surface area contributed by atoms with Crippen molar-refractivity contribution < 1.29 is 0 Å². The molecule has 0 amide bonds. The fraction of sp³-hybridized carbons (Fsp3) is 0.158. The molecule has 3 rings (SSSR count). The average Bonchev–Trinajstić information content (AvgIpc) is 2.55. The lowest BCUT2D eigenvalue weighted by Gasteiger charge is -2.17. The van der Waals surface area contributed by atoms with Crippen LogP contribution in [0.15, 0.2) is 65.6 Å². The van der Waals surface area contributed by atoms with E-state index in [9.17, 15) is 0 Å². The Morgan fingerprint density at radius 1 is 0.810 bits per heavy atom. The zero-order valence-electron chi connectivity index (χ0n) is 12.1. The lowest BCUT2D eigenvalue weighted by Crippen LogP contribution is -1.97. The molecule has 0 radical (unpaired) electrons. The zero-order chi connectivity index (χ0) is 14.8. The van der Waals surface area contributed by atoms with Crippen molar-refractivity contribution in [2.75, 3.05) is 6.26 Å². The van der Waals surface area contributed by atoms with Crippen LogP contribution in [0, 0.1) is 6.92 Å². The molecule has 1 unspecified atom stereocenters. The predicted octanol–water partition coefficient (Wildman–Crippen LogP) is 6.35. The quantitative estimate of drug-likeness (QED) is 0.388. The maximum Gasteiger partial charge on any atom is 0.0661 e. The van der Waals surface area contributed by atoms with Gasteiger partial charge < -0.3 is 0 Å². The van der Waals surface area contributed by atoms with E-state index >= 15 is 0 Å². The van der Waals surface area contributed by atoms with E-state index in [-0.39, 0.29) is 4.83 Å². The fourth-order valence-corrected chi connectivity index (χ4v) is 4.32. The van der Waals surface area contributed by atoms with Gasteiger partial charge in [-0.1, -0.05) is 70.5 Å². The monoisotopic (exact) mass is 356 g/mol. The molecule has 0 aliphatic heterocycles. The van der Waals surface area contributed by atoms with Gasteiger partial charge in [-0.05, 0) is 46.7 Å². The van der Waals surface area contributed by atoms with E-state index in [1.54, 1.807) is 11.8 Å². The third kappa shape index (κ3) is 2.75. The number of hydrogen-bond acceptors (Lipinski definition) is 1. The van der Waals surface area contributed by atoms with Gasteiger partial charge in [0, 0.05) is 4.90 Å². The third-order valence-corrected chi connectivity index (χ3v) is 5.66. The summed E-state index contributed by atoms with van der Waals surface area (Å²) in [7, 11) is 0. The highest BCUT2D eigenvalue weighted by atomic mass is 79.9. The van der Waals surface area contributed by atoms with Gasteiger partial charge in [0.1, 0.15) is 0 Å². The zero-order valence-corrected chi connectivity index (χ0v) is 14.5. The molecular weight excluding hydrogens is 340 g/mol. The summed E-state index contributed by atoms with van der Waals surface area (Å²) < 4.78 is 0. The number of thioether (sulfide) groups is 1. The Hall–Kier alpha value is -1.25. The van der Waals surface area contributed by atoms with Crippen molar-refractivity contribution in [2.24, 2.45) is 0 Å². The maximum absolute atomic E-state index is 3.92. The number of hydrogen-bond donors (Lipinski definition) is 0. The van der Waals surface area contributed by atoms with Gasteiger partial charge in [0.05, 0.1) is 4.83 Å². The number of benzene rings is 3. The minimum absolute atomic E-state index is 0.214. The third-order valence-electron chi connectivity index (χ3n) is 3.86. The first kappa shape index (κ1) is 14.7. The van der Waals surface area contributed by atoms with Crippen molar-refractivity contribution in [3.63, 3.8) is 0 Å². The van der Waals surface area contributed by atoms with Crippen LogP contribution in [0.3, 0.4) is 0 Å². The van der Waals surface area contributed by atoms with Crippen molar-refractivity contribution in [3.8, 4) is 0 Å². The molecule has 0 bridgehead atoms. The maximum atomic E-state index is 3.92. The number of alkyl halides is 1. The number of rotatable bonds is 3. The van der Waals surface area contributed by atoms with Crippen LogP contribution in [0.2, 0.25) is 0 Å². The van der Waals surface area contributed by atoms with Gasteiger partial charge in [0.25, 0.3) is 0 Å². The summed E-state index contributed by atoms with van der Waals surface area (Å²) in [5, 5.41) is 2.66. The van der Waals surface area contributed by atoms with E-state index < -0.39 is 0 Å². The topological polar surface area (TPSA) is 0 Å².